The standard InChI is InChI=1S/C11H11N5O2/c1-12-11(17)15-10-9-3-2-7(5-14-18)4-8(9)6-13-16-10/h2-6,18H,1H3,(H2,12,15,16,17)/b14-5+. The van der Waals surface area contributed by atoms with Crippen LogP contribution in [0.1, 0.15) is 5.56 Å². The van der Waals surface area contributed by atoms with E-state index in [-0.39, 0.29) is 6.03 Å². The molecule has 1 aromatic carbocycles. The van der Waals surface area contributed by atoms with E-state index in [2.05, 4.69) is 26.0 Å². The quantitative estimate of drug-likeness (QED) is 0.420. The number of anilines is 1. The number of nitrogens with one attached hydrogen (secondary N) is 2. The Labute approximate surface area is 103 Å². The number of hydrogen-bond donors (Lipinski definition) is 3. The van der Waals surface area contributed by atoms with Crippen molar-refractivity contribution in [1.29, 1.82) is 0 Å². The third-order valence-corrected chi connectivity index (χ3v) is 2.35. The fourth-order valence-electron chi connectivity index (χ4n) is 1.52. The van der Waals surface area contributed by atoms with Crippen LogP contribution in [-0.2, 0) is 0 Å². The van der Waals surface area contributed by atoms with Crippen LogP contribution >= 0.6 is 0 Å². The third-order valence-electron chi connectivity index (χ3n) is 2.35. The van der Waals surface area contributed by atoms with Gasteiger partial charge in [-0.1, -0.05) is 11.2 Å². The number of rotatable bonds is 2. The maximum absolute atomic E-state index is 11.3. The summed E-state index contributed by atoms with van der Waals surface area (Å²) >= 11 is 0. The summed E-state index contributed by atoms with van der Waals surface area (Å²) in [5, 5.41) is 25.7. The number of hydrogen-bond acceptors (Lipinski definition) is 5. The molecule has 92 valence electrons. The summed E-state index contributed by atoms with van der Waals surface area (Å²) in [6, 6.07) is 4.93. The van der Waals surface area contributed by atoms with Gasteiger partial charge in [0.2, 0.25) is 0 Å². The molecular formula is C11H11N5O2. The van der Waals surface area contributed by atoms with Crippen molar-refractivity contribution in [2.75, 3.05) is 12.4 Å². The second-order valence-electron chi connectivity index (χ2n) is 3.49. The first-order chi connectivity index (χ1) is 8.74. The molecule has 0 radical (unpaired) electrons. The van der Waals surface area contributed by atoms with Crippen LogP contribution in [0.3, 0.4) is 0 Å². The molecule has 0 bridgehead atoms. The molecule has 0 aliphatic carbocycles. The van der Waals surface area contributed by atoms with Crippen LogP contribution < -0.4 is 10.6 Å². The molecule has 0 aliphatic rings. The number of fused-ring (bicyclic) bond motifs is 1. The lowest BCUT2D eigenvalue weighted by Crippen LogP contribution is -2.25. The van der Waals surface area contributed by atoms with Crippen molar-refractivity contribution >= 4 is 28.8 Å². The Balaban J connectivity index is 2.47. The van der Waals surface area contributed by atoms with Gasteiger partial charge in [-0.15, -0.1) is 5.10 Å². The highest BCUT2D eigenvalue weighted by Gasteiger charge is 2.06. The van der Waals surface area contributed by atoms with E-state index in [1.54, 1.807) is 24.4 Å². The fourth-order valence-corrected chi connectivity index (χ4v) is 1.52. The highest BCUT2D eigenvalue weighted by Crippen LogP contribution is 2.20. The Kier molecular flexibility index (Phi) is 3.33. The summed E-state index contributed by atoms with van der Waals surface area (Å²) in [7, 11) is 1.52. The predicted molar refractivity (Wildman–Crippen MR) is 67.0 cm³/mol. The van der Waals surface area contributed by atoms with Crippen LogP contribution in [0.25, 0.3) is 10.8 Å². The number of amides is 2. The second-order valence-corrected chi connectivity index (χ2v) is 3.49. The van der Waals surface area contributed by atoms with E-state index >= 15 is 0 Å². The number of nitrogens with zero attached hydrogens (tertiary/aromatic N) is 3. The molecule has 0 aliphatic heterocycles. The van der Waals surface area contributed by atoms with Gasteiger partial charge in [-0.2, -0.15) is 5.10 Å². The molecule has 2 aromatic rings. The van der Waals surface area contributed by atoms with Gasteiger partial charge in [0.15, 0.2) is 5.82 Å². The lowest BCUT2D eigenvalue weighted by Gasteiger charge is -2.06. The lowest BCUT2D eigenvalue weighted by atomic mass is 10.1. The molecule has 3 N–H and O–H groups in total. The third kappa shape index (κ3) is 2.34. The van der Waals surface area contributed by atoms with E-state index < -0.39 is 0 Å². The minimum Gasteiger partial charge on any atom is -0.411 e. The van der Waals surface area contributed by atoms with Crippen molar-refractivity contribution in [1.82, 2.24) is 15.5 Å². The first-order valence-corrected chi connectivity index (χ1v) is 5.16. The predicted octanol–water partition coefficient (Wildman–Crippen LogP) is 1.19. The van der Waals surface area contributed by atoms with E-state index in [0.29, 0.717) is 5.82 Å². The van der Waals surface area contributed by atoms with Crippen molar-refractivity contribution < 1.29 is 10.0 Å². The van der Waals surface area contributed by atoms with Crippen molar-refractivity contribution in [3.63, 3.8) is 0 Å². The Morgan fingerprint density at radius 1 is 1.50 bits per heavy atom. The minimum atomic E-state index is -0.363. The highest BCUT2D eigenvalue weighted by atomic mass is 16.4. The first kappa shape index (κ1) is 11.8. The van der Waals surface area contributed by atoms with Crippen molar-refractivity contribution in [2.24, 2.45) is 5.16 Å². The smallest absolute Gasteiger partial charge is 0.320 e. The molecule has 0 unspecified atom stereocenters. The zero-order valence-electron chi connectivity index (χ0n) is 9.58. The Hall–Kier alpha value is -2.70. The Bertz CT molecular complexity index is 611. The Morgan fingerprint density at radius 2 is 2.33 bits per heavy atom. The number of benzene rings is 1. The summed E-state index contributed by atoms with van der Waals surface area (Å²) in [6.07, 6.45) is 2.88. The molecule has 7 nitrogen and oxygen atoms in total. The van der Waals surface area contributed by atoms with E-state index in [9.17, 15) is 4.79 Å². The zero-order valence-corrected chi connectivity index (χ0v) is 9.58. The second kappa shape index (κ2) is 5.09. The maximum Gasteiger partial charge on any atom is 0.320 e. The monoisotopic (exact) mass is 245 g/mol. The van der Waals surface area contributed by atoms with Gasteiger partial charge in [-0.25, -0.2) is 4.79 Å². The zero-order chi connectivity index (χ0) is 13.0. The van der Waals surface area contributed by atoms with Gasteiger partial charge in [0, 0.05) is 17.8 Å². The lowest BCUT2D eigenvalue weighted by molar-refractivity contribution is 0.254. The normalized spacial score (nSPS) is 10.7. The van der Waals surface area contributed by atoms with Crippen LogP contribution in [0.15, 0.2) is 29.6 Å². The molecule has 1 heterocycles. The summed E-state index contributed by atoms with van der Waals surface area (Å²) in [5.74, 6) is 0.374. The molecule has 2 rings (SSSR count). The molecule has 0 saturated carbocycles. The molecule has 7 heteroatoms. The van der Waals surface area contributed by atoms with Gasteiger partial charge in [-0.3, -0.25) is 5.32 Å². The number of carbonyl (C=O) groups excluding carboxylic acids is 1. The first-order valence-electron chi connectivity index (χ1n) is 5.16. The van der Waals surface area contributed by atoms with Crippen LogP contribution in [-0.4, -0.2) is 34.7 Å². The molecule has 1 aromatic heterocycles. The summed E-state index contributed by atoms with van der Waals surface area (Å²) < 4.78 is 0. The van der Waals surface area contributed by atoms with Gasteiger partial charge in [0.05, 0.1) is 12.4 Å². The van der Waals surface area contributed by atoms with Crippen LogP contribution in [0, 0.1) is 0 Å². The molecule has 0 saturated heterocycles. The number of oxime groups is 1. The fraction of sp³-hybridized carbons (Fsp3) is 0.0909. The van der Waals surface area contributed by atoms with Gasteiger partial charge in [-0.05, 0) is 17.7 Å². The van der Waals surface area contributed by atoms with E-state index in [4.69, 9.17) is 5.21 Å². The van der Waals surface area contributed by atoms with Crippen LogP contribution in [0.4, 0.5) is 10.6 Å². The van der Waals surface area contributed by atoms with Crippen LogP contribution in [0.5, 0.6) is 0 Å². The van der Waals surface area contributed by atoms with Crippen LogP contribution in [0.2, 0.25) is 0 Å². The summed E-state index contributed by atoms with van der Waals surface area (Å²) in [6.45, 7) is 0. The number of aromatic nitrogens is 2. The summed E-state index contributed by atoms with van der Waals surface area (Å²) in [4.78, 5) is 11.3. The van der Waals surface area contributed by atoms with Crippen molar-refractivity contribution in [2.45, 2.75) is 0 Å². The number of carbonyl (C=O) groups is 1. The van der Waals surface area contributed by atoms with Gasteiger partial charge >= 0.3 is 6.03 Å². The van der Waals surface area contributed by atoms with E-state index in [0.717, 1.165) is 16.3 Å². The van der Waals surface area contributed by atoms with Crippen molar-refractivity contribution in [3.05, 3.63) is 30.0 Å². The molecule has 18 heavy (non-hydrogen) atoms. The summed E-state index contributed by atoms with van der Waals surface area (Å²) in [5.41, 5.74) is 0.726. The van der Waals surface area contributed by atoms with E-state index in [1.165, 1.54) is 13.3 Å². The molecule has 0 atom stereocenters. The molecule has 0 spiro atoms. The molecule has 0 fully saturated rings. The average Bonchev–Trinajstić information content (AvgIpc) is 2.39. The largest absolute Gasteiger partial charge is 0.411 e. The highest BCUT2D eigenvalue weighted by molar-refractivity contribution is 6.00. The molecular weight excluding hydrogens is 234 g/mol. The SMILES string of the molecule is CNC(=O)Nc1nncc2cc(/C=N/O)ccc12. The van der Waals surface area contributed by atoms with Crippen molar-refractivity contribution in [3.8, 4) is 0 Å². The average molecular weight is 245 g/mol. The van der Waals surface area contributed by atoms with Gasteiger partial charge in [0.25, 0.3) is 0 Å². The van der Waals surface area contributed by atoms with E-state index in [1.807, 2.05) is 0 Å². The maximum atomic E-state index is 11.3. The Morgan fingerprint density at radius 3 is 3.06 bits per heavy atom. The minimum absolute atomic E-state index is 0.363. The number of urea groups is 1. The van der Waals surface area contributed by atoms with Gasteiger partial charge < -0.3 is 10.5 Å². The molecule has 2 amide bonds. The topological polar surface area (TPSA) is 99.5 Å². The van der Waals surface area contributed by atoms with Gasteiger partial charge in [0.1, 0.15) is 0 Å².